The highest BCUT2D eigenvalue weighted by Gasteiger charge is 2.56. The second kappa shape index (κ2) is 9.95. The molecule has 2 aliphatic carbocycles. The zero-order chi connectivity index (χ0) is 23.8. The van der Waals surface area contributed by atoms with Gasteiger partial charge in [0.25, 0.3) is 0 Å². The third-order valence-electron chi connectivity index (χ3n) is 6.98. The lowest BCUT2D eigenvalue weighted by molar-refractivity contribution is -0.145. The minimum atomic E-state index is -0.749. The highest BCUT2D eigenvalue weighted by Crippen LogP contribution is 2.53. The van der Waals surface area contributed by atoms with Gasteiger partial charge in [-0.05, 0) is 73.9 Å². The number of nitrogens with two attached hydrogens (primary N) is 2. The number of halogens is 3. The molecule has 2 saturated carbocycles. The van der Waals surface area contributed by atoms with E-state index in [9.17, 15) is 9.59 Å². The molecule has 2 aliphatic rings. The van der Waals surface area contributed by atoms with Crippen LogP contribution in [0.3, 0.4) is 0 Å². The normalized spacial score (nSPS) is 22.4. The van der Waals surface area contributed by atoms with Crippen LogP contribution in [0.4, 0.5) is 0 Å². The van der Waals surface area contributed by atoms with E-state index in [0.29, 0.717) is 29.3 Å². The molecule has 8 heteroatoms. The summed E-state index contributed by atoms with van der Waals surface area (Å²) in [6, 6.07) is 12.3. The van der Waals surface area contributed by atoms with Crippen molar-refractivity contribution >= 4 is 50.9 Å². The molecule has 2 aromatic rings. The average Bonchev–Trinajstić information content (AvgIpc) is 3.57. The van der Waals surface area contributed by atoms with Crippen molar-refractivity contribution in [3.05, 3.63) is 68.1 Å². The van der Waals surface area contributed by atoms with Crippen LogP contribution in [0.2, 0.25) is 10.0 Å². The number of carbonyl (C=O) groups excluding carboxylic acids is 2. The van der Waals surface area contributed by atoms with Crippen molar-refractivity contribution in [1.29, 1.82) is 0 Å². The summed E-state index contributed by atoms with van der Waals surface area (Å²) in [7, 11) is 0. The minimum Gasteiger partial charge on any atom is -0.368 e. The molecule has 176 valence electrons. The lowest BCUT2D eigenvalue weighted by atomic mass is 9.86. The summed E-state index contributed by atoms with van der Waals surface area (Å²) in [5.41, 5.74) is 13.0. The SMILES string of the molecule is NC(=O)[C@H](Cc1ccc(Br)cc1)N(C(=O)C1(c2ccc(Cl)cc2Cl)CC1)[C@H]1CC[C@@H](N)CC1. The van der Waals surface area contributed by atoms with Crippen LogP contribution >= 0.6 is 39.1 Å². The molecule has 0 aromatic heterocycles. The molecule has 2 amide bonds. The van der Waals surface area contributed by atoms with Gasteiger partial charge in [0.05, 0.1) is 5.41 Å². The van der Waals surface area contributed by atoms with Crippen LogP contribution in [0.5, 0.6) is 0 Å². The largest absolute Gasteiger partial charge is 0.368 e. The summed E-state index contributed by atoms with van der Waals surface area (Å²) < 4.78 is 0.949. The zero-order valence-corrected chi connectivity index (χ0v) is 21.4. The van der Waals surface area contributed by atoms with E-state index in [-0.39, 0.29) is 18.0 Å². The van der Waals surface area contributed by atoms with E-state index in [0.717, 1.165) is 41.3 Å². The maximum absolute atomic E-state index is 14.2. The van der Waals surface area contributed by atoms with Crippen molar-refractivity contribution in [3.8, 4) is 0 Å². The first-order chi connectivity index (χ1) is 15.7. The monoisotopic (exact) mass is 551 g/mol. The lowest BCUT2D eigenvalue weighted by Crippen LogP contribution is -2.57. The Labute approximate surface area is 212 Å². The lowest BCUT2D eigenvalue weighted by Gasteiger charge is -2.42. The van der Waals surface area contributed by atoms with Crippen LogP contribution in [0.25, 0.3) is 0 Å². The predicted molar refractivity (Wildman–Crippen MR) is 135 cm³/mol. The molecule has 0 saturated heterocycles. The molecule has 2 fully saturated rings. The van der Waals surface area contributed by atoms with Gasteiger partial charge in [0.1, 0.15) is 6.04 Å². The Balaban J connectivity index is 1.71. The van der Waals surface area contributed by atoms with Gasteiger partial charge in [-0.3, -0.25) is 9.59 Å². The van der Waals surface area contributed by atoms with E-state index >= 15 is 0 Å². The van der Waals surface area contributed by atoms with Crippen molar-refractivity contribution in [2.24, 2.45) is 11.5 Å². The molecular weight excluding hydrogens is 525 g/mol. The third kappa shape index (κ3) is 5.24. The number of primary amides is 1. The van der Waals surface area contributed by atoms with E-state index in [2.05, 4.69) is 15.9 Å². The number of nitrogens with zero attached hydrogens (tertiary/aromatic N) is 1. The summed E-state index contributed by atoms with van der Waals surface area (Å²) in [4.78, 5) is 28.8. The summed E-state index contributed by atoms with van der Waals surface area (Å²) >= 11 is 16.1. The molecule has 2 aromatic carbocycles. The Morgan fingerprint density at radius 2 is 1.70 bits per heavy atom. The van der Waals surface area contributed by atoms with Crippen molar-refractivity contribution in [2.45, 2.75) is 68.5 Å². The molecule has 0 radical (unpaired) electrons. The summed E-state index contributed by atoms with van der Waals surface area (Å²) in [5.74, 6) is -0.577. The molecule has 4 N–H and O–H groups in total. The second-order valence-electron chi connectivity index (χ2n) is 9.24. The molecule has 33 heavy (non-hydrogen) atoms. The fourth-order valence-electron chi connectivity index (χ4n) is 4.97. The van der Waals surface area contributed by atoms with Gasteiger partial charge in [-0.25, -0.2) is 0 Å². The van der Waals surface area contributed by atoms with Crippen LogP contribution in [0, 0.1) is 0 Å². The number of rotatable bonds is 7. The van der Waals surface area contributed by atoms with E-state index < -0.39 is 17.4 Å². The first kappa shape index (κ1) is 24.5. The van der Waals surface area contributed by atoms with E-state index in [1.165, 1.54) is 0 Å². The summed E-state index contributed by atoms with van der Waals surface area (Å²) in [6.07, 6.45) is 4.85. The molecule has 0 spiro atoms. The molecule has 1 atom stereocenters. The Kier molecular flexibility index (Phi) is 7.39. The van der Waals surface area contributed by atoms with Gasteiger partial charge in [-0.15, -0.1) is 0 Å². The Morgan fingerprint density at radius 3 is 2.24 bits per heavy atom. The maximum atomic E-state index is 14.2. The first-order valence-electron chi connectivity index (χ1n) is 11.3. The van der Waals surface area contributed by atoms with Gasteiger partial charge in [0, 0.05) is 33.0 Å². The Hall–Kier alpha value is -1.60. The zero-order valence-electron chi connectivity index (χ0n) is 18.3. The topological polar surface area (TPSA) is 89.4 Å². The molecule has 0 bridgehead atoms. The fraction of sp³-hybridized carbons (Fsp3) is 0.440. The number of hydrogen-bond donors (Lipinski definition) is 2. The number of carbonyl (C=O) groups is 2. The maximum Gasteiger partial charge on any atom is 0.240 e. The van der Waals surface area contributed by atoms with Gasteiger partial charge in [0.2, 0.25) is 11.8 Å². The van der Waals surface area contributed by atoms with E-state index in [4.69, 9.17) is 34.7 Å². The molecule has 5 nitrogen and oxygen atoms in total. The third-order valence-corrected chi connectivity index (χ3v) is 8.06. The van der Waals surface area contributed by atoms with Gasteiger partial charge >= 0.3 is 0 Å². The van der Waals surface area contributed by atoms with Crippen molar-refractivity contribution in [1.82, 2.24) is 4.90 Å². The smallest absolute Gasteiger partial charge is 0.240 e. The highest BCUT2D eigenvalue weighted by molar-refractivity contribution is 9.10. The van der Waals surface area contributed by atoms with Crippen LogP contribution in [0.1, 0.15) is 49.7 Å². The quantitative estimate of drug-likeness (QED) is 0.507. The number of benzene rings is 2. The van der Waals surface area contributed by atoms with Gasteiger partial charge in [0.15, 0.2) is 0 Å². The van der Waals surface area contributed by atoms with Gasteiger partial charge in [-0.1, -0.05) is 57.3 Å². The van der Waals surface area contributed by atoms with Crippen LogP contribution in [0.15, 0.2) is 46.9 Å². The van der Waals surface area contributed by atoms with Crippen molar-refractivity contribution < 1.29 is 9.59 Å². The summed E-state index contributed by atoms with van der Waals surface area (Å²) in [5, 5.41) is 0.998. The number of amides is 2. The molecular formula is C25H28BrCl2N3O2. The summed E-state index contributed by atoms with van der Waals surface area (Å²) in [6.45, 7) is 0. The van der Waals surface area contributed by atoms with Crippen molar-refractivity contribution in [3.63, 3.8) is 0 Å². The van der Waals surface area contributed by atoms with Crippen LogP contribution < -0.4 is 11.5 Å². The molecule has 0 aliphatic heterocycles. The minimum absolute atomic E-state index is 0.0758. The Bertz CT molecular complexity index is 1030. The molecule has 0 unspecified atom stereocenters. The standard InChI is InChI=1S/C25H28BrCl2N3O2/c26-16-3-1-15(2-4-16)13-22(23(30)32)31(19-8-6-18(29)7-9-19)24(33)25(11-12-25)20-10-5-17(27)14-21(20)28/h1-5,10,14,18-19,22H,6-9,11-13,29H2,(H2,30,32)/t18-,19+,22-/m0/s1. The highest BCUT2D eigenvalue weighted by atomic mass is 79.9. The average molecular weight is 553 g/mol. The van der Waals surface area contributed by atoms with Crippen LogP contribution in [-0.2, 0) is 21.4 Å². The van der Waals surface area contributed by atoms with E-state index in [1.54, 1.807) is 17.0 Å². The second-order valence-corrected chi connectivity index (χ2v) is 11.0. The fourth-order valence-corrected chi connectivity index (χ4v) is 5.82. The van der Waals surface area contributed by atoms with E-state index in [1.807, 2.05) is 30.3 Å². The first-order valence-corrected chi connectivity index (χ1v) is 12.8. The van der Waals surface area contributed by atoms with Gasteiger partial charge in [-0.2, -0.15) is 0 Å². The van der Waals surface area contributed by atoms with Crippen LogP contribution in [-0.4, -0.2) is 34.8 Å². The molecule has 4 rings (SSSR count). The van der Waals surface area contributed by atoms with Gasteiger partial charge < -0.3 is 16.4 Å². The number of hydrogen-bond acceptors (Lipinski definition) is 3. The van der Waals surface area contributed by atoms with Crippen molar-refractivity contribution in [2.75, 3.05) is 0 Å². The molecule has 0 heterocycles. The Morgan fingerprint density at radius 1 is 1.06 bits per heavy atom. The predicted octanol–water partition coefficient (Wildman–Crippen LogP) is 4.98.